The summed E-state index contributed by atoms with van der Waals surface area (Å²) in [7, 11) is 3.45. The van der Waals surface area contributed by atoms with Crippen molar-refractivity contribution >= 4 is 21.6 Å². The van der Waals surface area contributed by atoms with Gasteiger partial charge in [0.15, 0.2) is 0 Å². The predicted octanol–water partition coefficient (Wildman–Crippen LogP) is 2.40. The Labute approximate surface area is 124 Å². The van der Waals surface area contributed by atoms with E-state index in [4.69, 9.17) is 15.2 Å². The second-order valence-electron chi connectivity index (χ2n) is 4.27. The zero-order chi connectivity index (χ0) is 14.1. The van der Waals surface area contributed by atoms with E-state index in [9.17, 15) is 0 Å². The van der Waals surface area contributed by atoms with Crippen LogP contribution in [0.2, 0.25) is 0 Å². The average molecular weight is 331 g/mol. The Balaban J connectivity index is 2.85. The number of anilines is 1. The van der Waals surface area contributed by atoms with Gasteiger partial charge in [0.2, 0.25) is 0 Å². The van der Waals surface area contributed by atoms with Gasteiger partial charge < -0.3 is 20.1 Å². The Bertz CT molecular complexity index is 374. The van der Waals surface area contributed by atoms with Gasteiger partial charge in [0.25, 0.3) is 0 Å². The maximum atomic E-state index is 5.86. The summed E-state index contributed by atoms with van der Waals surface area (Å²) in [5, 5.41) is 0. The van der Waals surface area contributed by atoms with Gasteiger partial charge in [0.1, 0.15) is 0 Å². The third-order valence-corrected chi connectivity index (χ3v) is 3.72. The van der Waals surface area contributed by atoms with E-state index in [2.05, 4.69) is 26.9 Å². The highest BCUT2D eigenvalue weighted by molar-refractivity contribution is 9.10. The number of halogens is 1. The number of nitrogens with zero attached hydrogens (tertiary/aromatic N) is 1. The molecular weight excluding hydrogens is 308 g/mol. The van der Waals surface area contributed by atoms with E-state index in [1.807, 2.05) is 12.1 Å². The smallest absolute Gasteiger partial charge is 0.0637 e. The molecule has 0 aromatic heterocycles. The van der Waals surface area contributed by atoms with Crippen LogP contribution in [-0.2, 0) is 16.0 Å². The molecule has 0 aliphatic heterocycles. The first-order valence-corrected chi connectivity index (χ1v) is 7.24. The molecule has 1 aromatic carbocycles. The number of hydrogen-bond donors (Lipinski definition) is 1. The molecule has 0 aliphatic rings. The van der Waals surface area contributed by atoms with Crippen LogP contribution < -0.4 is 10.6 Å². The van der Waals surface area contributed by atoms with Crippen molar-refractivity contribution in [3.63, 3.8) is 0 Å². The molecule has 0 saturated carbocycles. The van der Waals surface area contributed by atoms with Gasteiger partial charge in [-0.15, -0.1) is 0 Å². The zero-order valence-corrected chi connectivity index (χ0v) is 13.3. The maximum absolute atomic E-state index is 5.86. The first-order valence-electron chi connectivity index (χ1n) is 6.44. The monoisotopic (exact) mass is 330 g/mol. The molecule has 1 rings (SSSR count). The molecule has 1 aromatic rings. The lowest BCUT2D eigenvalue weighted by atomic mass is 10.1. The van der Waals surface area contributed by atoms with Gasteiger partial charge in [-0.05, 0) is 18.6 Å². The highest BCUT2D eigenvalue weighted by Crippen LogP contribution is 2.27. The molecule has 0 bridgehead atoms. The highest BCUT2D eigenvalue weighted by atomic mass is 79.9. The van der Waals surface area contributed by atoms with Crippen molar-refractivity contribution in [2.24, 2.45) is 5.73 Å². The van der Waals surface area contributed by atoms with Crippen LogP contribution in [-0.4, -0.2) is 40.5 Å². The third kappa shape index (κ3) is 5.10. The Hall–Kier alpha value is -0.620. The van der Waals surface area contributed by atoms with E-state index < -0.39 is 0 Å². The summed E-state index contributed by atoms with van der Waals surface area (Å²) in [4.78, 5) is 2.30. The van der Waals surface area contributed by atoms with Crippen LogP contribution in [0.4, 0.5) is 5.69 Å². The summed E-state index contributed by atoms with van der Waals surface area (Å²) in [6.07, 6.45) is 0.983. The van der Waals surface area contributed by atoms with Crippen LogP contribution in [0.1, 0.15) is 12.0 Å². The van der Waals surface area contributed by atoms with Crippen molar-refractivity contribution in [2.75, 3.05) is 45.4 Å². The molecule has 2 N–H and O–H groups in total. The minimum Gasteiger partial charge on any atom is -0.385 e. The van der Waals surface area contributed by atoms with E-state index in [-0.39, 0.29) is 0 Å². The number of ether oxygens (including phenoxy) is 2. The number of nitrogens with two attached hydrogens (primary N) is 1. The van der Waals surface area contributed by atoms with Gasteiger partial charge in [0, 0.05) is 56.2 Å². The Morgan fingerprint density at radius 1 is 1.16 bits per heavy atom. The fourth-order valence-electron chi connectivity index (χ4n) is 2.00. The normalized spacial score (nSPS) is 10.7. The number of benzene rings is 1. The van der Waals surface area contributed by atoms with Crippen LogP contribution in [0.5, 0.6) is 0 Å². The van der Waals surface area contributed by atoms with Gasteiger partial charge in [-0.25, -0.2) is 0 Å². The highest BCUT2D eigenvalue weighted by Gasteiger charge is 2.12. The lowest BCUT2D eigenvalue weighted by Crippen LogP contribution is -2.30. The summed E-state index contributed by atoms with van der Waals surface area (Å²) in [6.45, 7) is 3.76. The largest absolute Gasteiger partial charge is 0.385 e. The first kappa shape index (κ1) is 16.4. The van der Waals surface area contributed by atoms with Gasteiger partial charge in [0.05, 0.1) is 6.61 Å². The van der Waals surface area contributed by atoms with Crippen molar-refractivity contribution in [3.8, 4) is 0 Å². The topological polar surface area (TPSA) is 47.7 Å². The van der Waals surface area contributed by atoms with Gasteiger partial charge in [-0.2, -0.15) is 0 Å². The molecule has 0 radical (unpaired) electrons. The second kappa shape index (κ2) is 9.31. The van der Waals surface area contributed by atoms with E-state index in [0.717, 1.165) is 36.2 Å². The van der Waals surface area contributed by atoms with Crippen molar-refractivity contribution in [1.29, 1.82) is 0 Å². The lowest BCUT2D eigenvalue weighted by Gasteiger charge is -2.27. The zero-order valence-electron chi connectivity index (χ0n) is 11.7. The Kier molecular flexibility index (Phi) is 8.05. The number of rotatable bonds is 9. The SMILES string of the molecule is COCCCN(CCOC)c1cccc(Br)c1CN. The molecule has 0 spiro atoms. The summed E-state index contributed by atoms with van der Waals surface area (Å²) in [5.74, 6) is 0. The van der Waals surface area contributed by atoms with Crippen molar-refractivity contribution < 1.29 is 9.47 Å². The second-order valence-corrected chi connectivity index (χ2v) is 5.12. The molecule has 0 atom stereocenters. The van der Waals surface area contributed by atoms with Gasteiger partial charge in [-0.3, -0.25) is 0 Å². The molecule has 0 unspecified atom stereocenters. The number of methoxy groups -OCH3 is 2. The van der Waals surface area contributed by atoms with Crippen LogP contribution in [0.15, 0.2) is 22.7 Å². The molecule has 5 heteroatoms. The summed E-state index contributed by atoms with van der Waals surface area (Å²) < 4.78 is 11.4. The van der Waals surface area contributed by atoms with E-state index in [0.29, 0.717) is 13.2 Å². The van der Waals surface area contributed by atoms with Crippen molar-refractivity contribution in [1.82, 2.24) is 0 Å². The van der Waals surface area contributed by atoms with E-state index >= 15 is 0 Å². The van der Waals surface area contributed by atoms with Crippen molar-refractivity contribution in [2.45, 2.75) is 13.0 Å². The number of hydrogen-bond acceptors (Lipinski definition) is 4. The van der Waals surface area contributed by atoms with Crippen LogP contribution in [0.3, 0.4) is 0 Å². The fraction of sp³-hybridized carbons (Fsp3) is 0.571. The molecule has 4 nitrogen and oxygen atoms in total. The van der Waals surface area contributed by atoms with Gasteiger partial charge >= 0.3 is 0 Å². The Morgan fingerprint density at radius 2 is 1.89 bits per heavy atom. The minimum absolute atomic E-state index is 0.518. The minimum atomic E-state index is 0.518. The van der Waals surface area contributed by atoms with Crippen molar-refractivity contribution in [3.05, 3.63) is 28.2 Å². The molecule has 0 heterocycles. The maximum Gasteiger partial charge on any atom is 0.0637 e. The fourth-order valence-corrected chi connectivity index (χ4v) is 2.52. The molecule has 0 aliphatic carbocycles. The average Bonchev–Trinajstić information content (AvgIpc) is 2.42. The summed E-state index contributed by atoms with van der Waals surface area (Å²) >= 11 is 3.56. The molecular formula is C14H23BrN2O2. The molecule has 0 fully saturated rings. The van der Waals surface area contributed by atoms with E-state index in [1.54, 1.807) is 14.2 Å². The quantitative estimate of drug-likeness (QED) is 0.706. The predicted molar refractivity (Wildman–Crippen MR) is 82.6 cm³/mol. The third-order valence-electron chi connectivity index (χ3n) is 2.98. The van der Waals surface area contributed by atoms with Crippen LogP contribution in [0.25, 0.3) is 0 Å². The summed E-state index contributed by atoms with van der Waals surface area (Å²) in [5.41, 5.74) is 8.17. The molecule has 0 saturated heterocycles. The molecule has 19 heavy (non-hydrogen) atoms. The Morgan fingerprint density at radius 3 is 2.53 bits per heavy atom. The summed E-state index contributed by atoms with van der Waals surface area (Å²) in [6, 6.07) is 6.17. The molecule has 0 amide bonds. The van der Waals surface area contributed by atoms with Crippen LogP contribution >= 0.6 is 15.9 Å². The van der Waals surface area contributed by atoms with E-state index in [1.165, 1.54) is 5.69 Å². The van der Waals surface area contributed by atoms with Gasteiger partial charge in [-0.1, -0.05) is 22.0 Å². The molecule has 108 valence electrons. The lowest BCUT2D eigenvalue weighted by molar-refractivity contribution is 0.191. The van der Waals surface area contributed by atoms with Crippen LogP contribution in [0, 0.1) is 0 Å². The standard InChI is InChI=1S/C14H23BrN2O2/c1-18-9-4-7-17(8-10-19-2)14-6-3-5-13(15)12(14)11-16/h3,5-6H,4,7-11,16H2,1-2H3. The first-order chi connectivity index (χ1) is 9.24.